The van der Waals surface area contributed by atoms with Gasteiger partial charge in [0, 0.05) is 6.54 Å². The predicted octanol–water partition coefficient (Wildman–Crippen LogP) is 1.50. The molecular formula is C11H13ClN4O2. The summed E-state index contributed by atoms with van der Waals surface area (Å²) in [7, 11) is 1.53. The number of rotatable bonds is 4. The van der Waals surface area contributed by atoms with Crippen molar-refractivity contribution in [3.05, 3.63) is 33.7 Å². The van der Waals surface area contributed by atoms with Crippen molar-refractivity contribution < 1.29 is 4.74 Å². The molecule has 0 bridgehead atoms. The minimum atomic E-state index is -0.280. The van der Waals surface area contributed by atoms with Gasteiger partial charge in [-0.05, 0) is 35.0 Å². The van der Waals surface area contributed by atoms with Gasteiger partial charge in [0.25, 0.3) is 0 Å². The summed E-state index contributed by atoms with van der Waals surface area (Å²) < 4.78 is 7.58. The molecule has 6 nitrogen and oxygen atoms in total. The number of tetrazole rings is 1. The first kappa shape index (κ1) is 12.6. The van der Waals surface area contributed by atoms with Crippen LogP contribution >= 0.6 is 11.6 Å². The summed E-state index contributed by atoms with van der Waals surface area (Å²) in [6, 6.07) is 5.01. The van der Waals surface area contributed by atoms with Gasteiger partial charge in [0.15, 0.2) is 0 Å². The molecular weight excluding hydrogens is 256 g/mol. The minimum absolute atomic E-state index is 0.280. The second-order valence-electron chi connectivity index (χ2n) is 3.72. The van der Waals surface area contributed by atoms with Crippen LogP contribution in [0.2, 0.25) is 5.02 Å². The Bertz CT molecular complexity index is 605. The fourth-order valence-electron chi connectivity index (χ4n) is 1.58. The van der Waals surface area contributed by atoms with E-state index in [1.807, 2.05) is 6.92 Å². The number of ether oxygens (including phenoxy) is 1. The topological polar surface area (TPSA) is 61.9 Å². The summed E-state index contributed by atoms with van der Waals surface area (Å²) in [6.07, 6.45) is 0.821. The van der Waals surface area contributed by atoms with Crippen LogP contribution in [0.1, 0.15) is 13.3 Å². The molecule has 0 spiro atoms. The van der Waals surface area contributed by atoms with Crippen molar-refractivity contribution in [2.24, 2.45) is 0 Å². The molecule has 0 radical (unpaired) electrons. The molecule has 0 saturated heterocycles. The van der Waals surface area contributed by atoms with Gasteiger partial charge in [-0.15, -0.1) is 0 Å². The van der Waals surface area contributed by atoms with Crippen LogP contribution in [0.3, 0.4) is 0 Å². The lowest BCUT2D eigenvalue weighted by atomic mass is 10.3. The normalized spacial score (nSPS) is 10.6. The van der Waals surface area contributed by atoms with E-state index in [0.717, 1.165) is 6.42 Å². The van der Waals surface area contributed by atoms with E-state index < -0.39 is 0 Å². The van der Waals surface area contributed by atoms with Gasteiger partial charge in [-0.25, -0.2) is 4.79 Å². The molecule has 0 N–H and O–H groups in total. The monoisotopic (exact) mass is 268 g/mol. The van der Waals surface area contributed by atoms with Crippen LogP contribution in [0.4, 0.5) is 0 Å². The number of hydrogen-bond acceptors (Lipinski definition) is 4. The van der Waals surface area contributed by atoms with Crippen molar-refractivity contribution in [1.29, 1.82) is 0 Å². The first-order valence-electron chi connectivity index (χ1n) is 5.54. The van der Waals surface area contributed by atoms with E-state index in [9.17, 15) is 4.79 Å². The third-order valence-corrected chi connectivity index (χ3v) is 2.75. The number of hydrogen-bond donors (Lipinski definition) is 0. The molecule has 0 fully saturated rings. The van der Waals surface area contributed by atoms with E-state index in [0.29, 0.717) is 23.0 Å². The summed E-state index contributed by atoms with van der Waals surface area (Å²) >= 11 is 6.00. The first-order valence-corrected chi connectivity index (χ1v) is 5.92. The first-order chi connectivity index (χ1) is 8.67. The molecule has 7 heteroatoms. The van der Waals surface area contributed by atoms with Crippen molar-refractivity contribution in [3.8, 4) is 11.4 Å². The van der Waals surface area contributed by atoms with Gasteiger partial charge in [0.1, 0.15) is 5.75 Å². The maximum absolute atomic E-state index is 12.0. The van der Waals surface area contributed by atoms with Crippen LogP contribution < -0.4 is 10.4 Å². The van der Waals surface area contributed by atoms with Crippen LogP contribution in [-0.4, -0.2) is 26.9 Å². The second-order valence-corrected chi connectivity index (χ2v) is 4.12. The molecule has 1 heterocycles. The number of benzene rings is 1. The van der Waals surface area contributed by atoms with E-state index in [2.05, 4.69) is 10.4 Å². The molecule has 0 aliphatic rings. The van der Waals surface area contributed by atoms with Crippen LogP contribution in [-0.2, 0) is 6.54 Å². The van der Waals surface area contributed by atoms with Crippen LogP contribution in [0.15, 0.2) is 23.0 Å². The fourth-order valence-corrected chi connectivity index (χ4v) is 1.83. The third kappa shape index (κ3) is 2.24. The van der Waals surface area contributed by atoms with E-state index in [4.69, 9.17) is 16.3 Å². The molecule has 0 atom stereocenters. The summed E-state index contributed by atoms with van der Waals surface area (Å²) in [5.41, 5.74) is 0.284. The summed E-state index contributed by atoms with van der Waals surface area (Å²) in [4.78, 5) is 12.0. The van der Waals surface area contributed by atoms with Gasteiger partial charge in [-0.2, -0.15) is 9.36 Å². The Morgan fingerprint density at radius 2 is 2.17 bits per heavy atom. The van der Waals surface area contributed by atoms with Crippen LogP contribution in [0.5, 0.6) is 5.75 Å². The Balaban J connectivity index is 2.43. The van der Waals surface area contributed by atoms with Gasteiger partial charge in [0.2, 0.25) is 0 Å². The fraction of sp³-hybridized carbons (Fsp3) is 0.364. The highest BCUT2D eigenvalue weighted by atomic mass is 35.5. The molecule has 1 aromatic heterocycles. The Hall–Kier alpha value is -1.82. The molecule has 0 aliphatic heterocycles. The highest BCUT2D eigenvalue weighted by Gasteiger charge is 2.10. The molecule has 2 rings (SSSR count). The lowest BCUT2D eigenvalue weighted by Crippen LogP contribution is -2.24. The highest BCUT2D eigenvalue weighted by Crippen LogP contribution is 2.25. The van der Waals surface area contributed by atoms with E-state index in [-0.39, 0.29) is 5.69 Å². The van der Waals surface area contributed by atoms with Gasteiger partial charge in [-0.1, -0.05) is 18.5 Å². The number of methoxy groups -OCH3 is 1. The van der Waals surface area contributed by atoms with Gasteiger partial charge >= 0.3 is 5.69 Å². The van der Waals surface area contributed by atoms with Crippen molar-refractivity contribution in [3.63, 3.8) is 0 Å². The maximum Gasteiger partial charge on any atom is 0.368 e. The zero-order valence-corrected chi connectivity index (χ0v) is 10.9. The standard InChI is InChI=1S/C11H13ClN4O2/c1-3-6-15-11(17)16(14-13-15)8-4-5-10(18-2)9(12)7-8/h4-5,7H,3,6H2,1-2H3. The van der Waals surface area contributed by atoms with Crippen molar-refractivity contribution in [2.75, 3.05) is 7.11 Å². The van der Waals surface area contributed by atoms with E-state index >= 15 is 0 Å². The number of nitrogens with zero attached hydrogens (tertiary/aromatic N) is 4. The Labute approximate surface area is 109 Å². The Morgan fingerprint density at radius 1 is 1.39 bits per heavy atom. The molecule has 0 unspecified atom stereocenters. The van der Waals surface area contributed by atoms with Crippen LogP contribution in [0, 0.1) is 0 Å². The molecule has 1 aromatic carbocycles. The Morgan fingerprint density at radius 3 is 2.78 bits per heavy atom. The van der Waals surface area contributed by atoms with Gasteiger partial charge < -0.3 is 4.74 Å². The largest absolute Gasteiger partial charge is 0.495 e. The van der Waals surface area contributed by atoms with Gasteiger partial charge in [0.05, 0.1) is 17.8 Å². The quantitative estimate of drug-likeness (QED) is 0.843. The molecule has 0 saturated carbocycles. The molecule has 0 amide bonds. The molecule has 18 heavy (non-hydrogen) atoms. The molecule has 2 aromatic rings. The number of aryl methyl sites for hydroxylation is 1. The average Bonchev–Trinajstić information content (AvgIpc) is 2.72. The summed E-state index contributed by atoms with van der Waals surface area (Å²) in [5, 5.41) is 8.04. The highest BCUT2D eigenvalue weighted by molar-refractivity contribution is 6.32. The van der Waals surface area contributed by atoms with Gasteiger partial charge in [-0.3, -0.25) is 0 Å². The number of aromatic nitrogens is 4. The summed E-state index contributed by atoms with van der Waals surface area (Å²) in [5.74, 6) is 0.550. The SMILES string of the molecule is CCCn1nnn(-c2ccc(OC)c(Cl)c2)c1=O. The lowest BCUT2D eigenvalue weighted by Gasteiger charge is -2.04. The predicted molar refractivity (Wildman–Crippen MR) is 67.5 cm³/mol. The molecule has 96 valence electrons. The number of halogens is 1. The maximum atomic E-state index is 12.0. The smallest absolute Gasteiger partial charge is 0.368 e. The van der Waals surface area contributed by atoms with E-state index in [1.54, 1.807) is 18.2 Å². The second kappa shape index (κ2) is 5.22. The Kier molecular flexibility index (Phi) is 3.66. The average molecular weight is 269 g/mol. The lowest BCUT2D eigenvalue weighted by molar-refractivity contribution is 0.415. The van der Waals surface area contributed by atoms with Crippen molar-refractivity contribution in [1.82, 2.24) is 19.8 Å². The van der Waals surface area contributed by atoms with E-state index in [1.165, 1.54) is 16.5 Å². The van der Waals surface area contributed by atoms with Crippen molar-refractivity contribution in [2.45, 2.75) is 19.9 Å². The zero-order chi connectivity index (χ0) is 13.1. The third-order valence-electron chi connectivity index (χ3n) is 2.45. The van der Waals surface area contributed by atoms with Crippen molar-refractivity contribution >= 4 is 11.6 Å². The van der Waals surface area contributed by atoms with Crippen LogP contribution in [0.25, 0.3) is 5.69 Å². The zero-order valence-electron chi connectivity index (χ0n) is 10.1. The minimum Gasteiger partial charge on any atom is -0.495 e. The summed E-state index contributed by atoms with van der Waals surface area (Å²) in [6.45, 7) is 2.51. The molecule has 0 aliphatic carbocycles.